The van der Waals surface area contributed by atoms with Gasteiger partial charge in [0.2, 0.25) is 0 Å². The van der Waals surface area contributed by atoms with Crippen molar-refractivity contribution in [3.05, 3.63) is 18.1 Å². The fourth-order valence-electron chi connectivity index (χ4n) is 2.01. The van der Waals surface area contributed by atoms with Crippen LogP contribution in [0.15, 0.2) is 12.4 Å². The van der Waals surface area contributed by atoms with Crippen molar-refractivity contribution < 1.29 is 4.74 Å². The SMILES string of the molecule is NC(=S)c1cnc(NCCOC2CCCC2)cn1. The van der Waals surface area contributed by atoms with Crippen molar-refractivity contribution in [2.24, 2.45) is 5.73 Å². The summed E-state index contributed by atoms with van der Waals surface area (Å²) >= 11 is 4.81. The van der Waals surface area contributed by atoms with Crippen LogP contribution in [0.25, 0.3) is 0 Å². The van der Waals surface area contributed by atoms with Crippen LogP contribution in [0.1, 0.15) is 31.4 Å². The molecule has 0 atom stereocenters. The number of hydrogen-bond donors (Lipinski definition) is 2. The molecular weight excluding hydrogens is 248 g/mol. The normalized spacial score (nSPS) is 15.8. The van der Waals surface area contributed by atoms with E-state index in [0.717, 1.165) is 6.54 Å². The summed E-state index contributed by atoms with van der Waals surface area (Å²) in [6.07, 6.45) is 8.64. The zero-order valence-corrected chi connectivity index (χ0v) is 11.1. The maximum absolute atomic E-state index is 5.74. The number of hydrogen-bond acceptors (Lipinski definition) is 5. The molecule has 0 bridgehead atoms. The van der Waals surface area contributed by atoms with Crippen LogP contribution >= 0.6 is 12.2 Å². The van der Waals surface area contributed by atoms with Gasteiger partial charge in [-0.2, -0.15) is 0 Å². The topological polar surface area (TPSA) is 73.1 Å². The van der Waals surface area contributed by atoms with Crippen LogP contribution in [-0.4, -0.2) is 34.2 Å². The molecular formula is C12H18N4OS. The molecule has 1 aliphatic rings. The molecule has 2 rings (SSSR count). The van der Waals surface area contributed by atoms with Crippen molar-refractivity contribution in [3.8, 4) is 0 Å². The molecule has 0 aliphatic heterocycles. The molecule has 6 heteroatoms. The Morgan fingerprint density at radius 1 is 1.39 bits per heavy atom. The number of thiocarbonyl (C=S) groups is 1. The Hall–Kier alpha value is -1.27. The number of nitrogens with zero attached hydrogens (tertiary/aromatic N) is 2. The fourth-order valence-corrected chi connectivity index (χ4v) is 2.11. The number of ether oxygens (including phenoxy) is 1. The first-order valence-electron chi connectivity index (χ1n) is 6.23. The fraction of sp³-hybridized carbons (Fsp3) is 0.583. The first-order chi connectivity index (χ1) is 8.75. The van der Waals surface area contributed by atoms with Gasteiger partial charge in [0, 0.05) is 6.54 Å². The van der Waals surface area contributed by atoms with Crippen LogP contribution in [0.5, 0.6) is 0 Å². The van der Waals surface area contributed by atoms with Gasteiger partial charge in [0.05, 0.1) is 25.1 Å². The van der Waals surface area contributed by atoms with Crippen LogP contribution in [-0.2, 0) is 4.74 Å². The van der Waals surface area contributed by atoms with E-state index in [1.165, 1.54) is 25.7 Å². The van der Waals surface area contributed by atoms with Gasteiger partial charge in [-0.25, -0.2) is 9.97 Å². The lowest BCUT2D eigenvalue weighted by atomic mass is 10.3. The van der Waals surface area contributed by atoms with E-state index >= 15 is 0 Å². The number of nitrogens with one attached hydrogen (secondary N) is 1. The van der Waals surface area contributed by atoms with Gasteiger partial charge in [-0.05, 0) is 12.8 Å². The number of rotatable bonds is 6. The van der Waals surface area contributed by atoms with Gasteiger partial charge in [-0.15, -0.1) is 0 Å². The summed E-state index contributed by atoms with van der Waals surface area (Å²) in [7, 11) is 0. The Morgan fingerprint density at radius 2 is 2.17 bits per heavy atom. The first-order valence-corrected chi connectivity index (χ1v) is 6.64. The highest BCUT2D eigenvalue weighted by molar-refractivity contribution is 7.80. The van der Waals surface area contributed by atoms with E-state index in [9.17, 15) is 0 Å². The molecule has 0 radical (unpaired) electrons. The third-order valence-corrected chi connectivity index (χ3v) is 3.18. The Balaban J connectivity index is 1.68. The first kappa shape index (κ1) is 13.2. The molecule has 0 spiro atoms. The molecule has 98 valence electrons. The minimum Gasteiger partial charge on any atom is -0.388 e. The minimum absolute atomic E-state index is 0.263. The lowest BCUT2D eigenvalue weighted by Crippen LogP contribution is -2.16. The van der Waals surface area contributed by atoms with E-state index < -0.39 is 0 Å². The van der Waals surface area contributed by atoms with Crippen LogP contribution in [0.4, 0.5) is 5.82 Å². The summed E-state index contributed by atoms with van der Waals surface area (Å²) in [6.45, 7) is 1.43. The molecule has 1 heterocycles. The summed E-state index contributed by atoms with van der Waals surface area (Å²) in [5, 5.41) is 3.15. The second-order valence-corrected chi connectivity index (χ2v) is 4.79. The number of anilines is 1. The van der Waals surface area contributed by atoms with Gasteiger partial charge in [0.15, 0.2) is 0 Å². The van der Waals surface area contributed by atoms with Crippen molar-refractivity contribution in [1.29, 1.82) is 0 Å². The van der Waals surface area contributed by atoms with Crippen LogP contribution in [0.2, 0.25) is 0 Å². The van der Waals surface area contributed by atoms with Gasteiger partial charge in [0.1, 0.15) is 16.5 Å². The summed E-state index contributed by atoms with van der Waals surface area (Å²) in [5.41, 5.74) is 5.98. The van der Waals surface area contributed by atoms with Gasteiger partial charge in [-0.3, -0.25) is 0 Å². The second-order valence-electron chi connectivity index (χ2n) is 4.36. The average molecular weight is 266 g/mol. The van der Waals surface area contributed by atoms with E-state index in [4.69, 9.17) is 22.7 Å². The molecule has 0 aromatic carbocycles. The van der Waals surface area contributed by atoms with E-state index in [1.54, 1.807) is 12.4 Å². The molecule has 0 saturated heterocycles. The Kier molecular flexibility index (Phi) is 4.83. The Bertz CT molecular complexity index is 390. The number of nitrogens with two attached hydrogens (primary N) is 1. The molecule has 0 amide bonds. The standard InChI is InChI=1S/C12H18N4OS/c13-12(18)10-7-16-11(8-15-10)14-5-6-17-9-3-1-2-4-9/h7-9H,1-6H2,(H2,13,18)(H,14,16). The van der Waals surface area contributed by atoms with E-state index in [0.29, 0.717) is 24.2 Å². The van der Waals surface area contributed by atoms with E-state index in [-0.39, 0.29) is 4.99 Å². The van der Waals surface area contributed by atoms with Gasteiger partial charge in [-0.1, -0.05) is 25.1 Å². The third kappa shape index (κ3) is 3.89. The predicted octanol–water partition coefficient (Wildman–Crippen LogP) is 1.48. The molecule has 5 nitrogen and oxygen atoms in total. The van der Waals surface area contributed by atoms with Crippen LogP contribution in [0, 0.1) is 0 Å². The minimum atomic E-state index is 0.263. The molecule has 1 fully saturated rings. The summed E-state index contributed by atoms with van der Waals surface area (Å²) in [6, 6.07) is 0. The second kappa shape index (κ2) is 6.61. The maximum Gasteiger partial charge on any atom is 0.144 e. The van der Waals surface area contributed by atoms with Crippen molar-refractivity contribution in [2.75, 3.05) is 18.5 Å². The average Bonchev–Trinajstić information content (AvgIpc) is 2.88. The lowest BCUT2D eigenvalue weighted by Gasteiger charge is -2.11. The Morgan fingerprint density at radius 3 is 2.78 bits per heavy atom. The van der Waals surface area contributed by atoms with Crippen molar-refractivity contribution in [3.63, 3.8) is 0 Å². The highest BCUT2D eigenvalue weighted by Gasteiger charge is 2.14. The molecule has 18 heavy (non-hydrogen) atoms. The zero-order chi connectivity index (χ0) is 12.8. The Labute approximate surface area is 112 Å². The van der Waals surface area contributed by atoms with Crippen molar-refractivity contribution in [1.82, 2.24) is 9.97 Å². The van der Waals surface area contributed by atoms with Gasteiger partial charge in [0.25, 0.3) is 0 Å². The van der Waals surface area contributed by atoms with Crippen molar-refractivity contribution in [2.45, 2.75) is 31.8 Å². The highest BCUT2D eigenvalue weighted by atomic mass is 32.1. The predicted molar refractivity (Wildman–Crippen MR) is 74.6 cm³/mol. The zero-order valence-electron chi connectivity index (χ0n) is 10.3. The van der Waals surface area contributed by atoms with Gasteiger partial charge >= 0.3 is 0 Å². The largest absolute Gasteiger partial charge is 0.388 e. The lowest BCUT2D eigenvalue weighted by molar-refractivity contribution is 0.0658. The summed E-state index contributed by atoms with van der Waals surface area (Å²) < 4.78 is 5.74. The summed E-state index contributed by atoms with van der Waals surface area (Å²) in [4.78, 5) is 8.54. The van der Waals surface area contributed by atoms with E-state index in [1.807, 2.05) is 0 Å². The molecule has 0 unspecified atom stereocenters. The molecule has 1 aromatic heterocycles. The molecule has 3 N–H and O–H groups in total. The summed E-state index contributed by atoms with van der Waals surface area (Å²) in [5.74, 6) is 0.713. The maximum atomic E-state index is 5.74. The quantitative estimate of drug-likeness (QED) is 0.600. The van der Waals surface area contributed by atoms with Crippen LogP contribution < -0.4 is 11.1 Å². The van der Waals surface area contributed by atoms with E-state index in [2.05, 4.69) is 15.3 Å². The monoisotopic (exact) mass is 266 g/mol. The highest BCUT2D eigenvalue weighted by Crippen LogP contribution is 2.20. The third-order valence-electron chi connectivity index (χ3n) is 2.97. The number of aromatic nitrogens is 2. The van der Waals surface area contributed by atoms with Crippen molar-refractivity contribution >= 4 is 23.0 Å². The van der Waals surface area contributed by atoms with Gasteiger partial charge < -0.3 is 15.8 Å². The molecule has 1 aliphatic carbocycles. The van der Waals surface area contributed by atoms with Crippen LogP contribution in [0.3, 0.4) is 0 Å². The smallest absolute Gasteiger partial charge is 0.144 e. The molecule has 1 saturated carbocycles. The molecule has 1 aromatic rings.